The van der Waals surface area contributed by atoms with E-state index in [-0.39, 0.29) is 5.89 Å². The van der Waals surface area contributed by atoms with Crippen LogP contribution in [0, 0.1) is 0 Å². The minimum Gasteiger partial charge on any atom is -0.433 e. The molecular formula is C6H3NO2S. The summed E-state index contributed by atoms with van der Waals surface area (Å²) >= 11 is 1.51. The Hall–Kier alpha value is -1.16. The van der Waals surface area contributed by atoms with E-state index < -0.39 is 0 Å². The smallest absolute Gasteiger partial charge is 0.260 e. The number of oxazole rings is 1. The summed E-state index contributed by atoms with van der Waals surface area (Å²) in [5, 5.41) is 3.65. The van der Waals surface area contributed by atoms with Gasteiger partial charge in [-0.2, -0.15) is 0 Å². The largest absolute Gasteiger partial charge is 0.433 e. The number of fused-ring (bicyclic) bond motifs is 1. The first-order valence-electron chi connectivity index (χ1n) is 2.68. The Morgan fingerprint density at radius 3 is 3.20 bits per heavy atom. The molecule has 10 heavy (non-hydrogen) atoms. The van der Waals surface area contributed by atoms with Crippen LogP contribution in [0.2, 0.25) is 0 Å². The number of aldehydes is 1. The third-order valence-electron chi connectivity index (χ3n) is 1.15. The topological polar surface area (TPSA) is 43.1 Å². The van der Waals surface area contributed by atoms with Crippen LogP contribution < -0.4 is 0 Å². The second kappa shape index (κ2) is 1.91. The quantitative estimate of drug-likeness (QED) is 0.585. The molecule has 0 unspecified atom stereocenters. The van der Waals surface area contributed by atoms with Crippen LogP contribution in [0.4, 0.5) is 0 Å². The maximum absolute atomic E-state index is 10.1. The van der Waals surface area contributed by atoms with Gasteiger partial charge in [-0.25, -0.2) is 4.98 Å². The molecule has 0 aliphatic rings. The summed E-state index contributed by atoms with van der Waals surface area (Å²) in [5.74, 6) is 0.151. The molecule has 0 aliphatic heterocycles. The summed E-state index contributed by atoms with van der Waals surface area (Å²) in [5.41, 5.74) is 1.44. The van der Waals surface area contributed by atoms with Crippen LogP contribution in [-0.2, 0) is 0 Å². The Morgan fingerprint density at radius 1 is 1.60 bits per heavy atom. The van der Waals surface area contributed by atoms with E-state index in [1.807, 2.05) is 10.8 Å². The summed E-state index contributed by atoms with van der Waals surface area (Å²) in [7, 11) is 0. The normalized spacial score (nSPS) is 10.4. The van der Waals surface area contributed by atoms with Crippen LogP contribution in [0.1, 0.15) is 10.7 Å². The molecule has 2 aromatic rings. The predicted molar refractivity (Wildman–Crippen MR) is 37.3 cm³/mol. The van der Waals surface area contributed by atoms with Gasteiger partial charge < -0.3 is 4.42 Å². The number of carbonyl (C=O) groups excluding carboxylic acids is 1. The minimum absolute atomic E-state index is 0.151. The van der Waals surface area contributed by atoms with Crippen molar-refractivity contribution in [2.45, 2.75) is 0 Å². The molecule has 0 aliphatic carbocycles. The highest BCUT2D eigenvalue weighted by Crippen LogP contribution is 2.18. The summed E-state index contributed by atoms with van der Waals surface area (Å²) < 4.78 is 4.99. The van der Waals surface area contributed by atoms with Crippen molar-refractivity contribution in [3.8, 4) is 0 Å². The Balaban J connectivity index is 2.78. The van der Waals surface area contributed by atoms with Gasteiger partial charge >= 0.3 is 0 Å². The van der Waals surface area contributed by atoms with Gasteiger partial charge in [0.2, 0.25) is 6.29 Å². The van der Waals surface area contributed by atoms with Crippen molar-refractivity contribution in [2.24, 2.45) is 0 Å². The number of nitrogens with zero attached hydrogens (tertiary/aromatic N) is 1. The first-order valence-corrected chi connectivity index (χ1v) is 3.62. The average Bonchev–Trinajstić information content (AvgIpc) is 2.42. The van der Waals surface area contributed by atoms with Gasteiger partial charge in [-0.3, -0.25) is 4.79 Å². The van der Waals surface area contributed by atoms with Crippen LogP contribution in [0.25, 0.3) is 11.1 Å². The number of hydrogen-bond donors (Lipinski definition) is 0. The molecule has 2 rings (SSSR count). The highest BCUT2D eigenvalue weighted by Gasteiger charge is 2.03. The van der Waals surface area contributed by atoms with E-state index in [1.165, 1.54) is 11.3 Å². The number of carbonyl (C=O) groups is 1. The summed E-state index contributed by atoms with van der Waals surface area (Å²) in [4.78, 5) is 14.0. The van der Waals surface area contributed by atoms with E-state index in [2.05, 4.69) is 4.98 Å². The van der Waals surface area contributed by atoms with Gasteiger partial charge in [-0.15, -0.1) is 11.3 Å². The third-order valence-corrected chi connectivity index (χ3v) is 1.86. The fraction of sp³-hybridized carbons (Fsp3) is 0. The van der Waals surface area contributed by atoms with E-state index in [0.717, 1.165) is 5.52 Å². The van der Waals surface area contributed by atoms with Crippen molar-refractivity contribution < 1.29 is 9.21 Å². The Labute approximate surface area is 60.3 Å². The molecule has 3 nitrogen and oxygen atoms in total. The molecule has 2 heterocycles. The molecule has 50 valence electrons. The van der Waals surface area contributed by atoms with Crippen molar-refractivity contribution in [3.63, 3.8) is 0 Å². The molecule has 0 saturated carbocycles. The molecule has 0 radical (unpaired) electrons. The zero-order chi connectivity index (χ0) is 6.97. The molecule has 0 bridgehead atoms. The van der Waals surface area contributed by atoms with Gasteiger partial charge in [-0.05, 0) is 0 Å². The molecule has 0 saturated heterocycles. The van der Waals surface area contributed by atoms with E-state index in [0.29, 0.717) is 11.9 Å². The van der Waals surface area contributed by atoms with Crippen LogP contribution in [-0.4, -0.2) is 11.3 Å². The minimum atomic E-state index is 0.151. The van der Waals surface area contributed by atoms with Crippen molar-refractivity contribution in [1.82, 2.24) is 4.98 Å². The van der Waals surface area contributed by atoms with Gasteiger partial charge in [0, 0.05) is 10.8 Å². The molecule has 2 aromatic heterocycles. The van der Waals surface area contributed by atoms with Gasteiger partial charge in [0.05, 0.1) is 0 Å². The maximum atomic E-state index is 10.1. The second-order valence-electron chi connectivity index (χ2n) is 1.79. The van der Waals surface area contributed by atoms with Gasteiger partial charge in [-0.1, -0.05) is 0 Å². The predicted octanol–water partition coefficient (Wildman–Crippen LogP) is 1.70. The van der Waals surface area contributed by atoms with Crippen molar-refractivity contribution in [1.29, 1.82) is 0 Å². The Morgan fingerprint density at radius 2 is 2.50 bits per heavy atom. The lowest BCUT2D eigenvalue weighted by molar-refractivity contribution is 0.109. The second-order valence-corrected chi connectivity index (χ2v) is 2.53. The van der Waals surface area contributed by atoms with Crippen LogP contribution in [0.5, 0.6) is 0 Å². The van der Waals surface area contributed by atoms with Crippen molar-refractivity contribution in [2.75, 3.05) is 0 Å². The Bertz CT molecular complexity index is 334. The van der Waals surface area contributed by atoms with Gasteiger partial charge in [0.25, 0.3) is 5.89 Å². The highest BCUT2D eigenvalue weighted by molar-refractivity contribution is 7.09. The summed E-state index contributed by atoms with van der Waals surface area (Å²) in [6, 6.07) is 0. The maximum Gasteiger partial charge on any atom is 0.260 e. The first kappa shape index (κ1) is 5.61. The molecule has 0 fully saturated rings. The fourth-order valence-corrected chi connectivity index (χ4v) is 1.40. The van der Waals surface area contributed by atoms with E-state index in [1.54, 1.807) is 0 Å². The van der Waals surface area contributed by atoms with E-state index >= 15 is 0 Å². The number of aromatic nitrogens is 1. The van der Waals surface area contributed by atoms with Crippen molar-refractivity contribution in [3.05, 3.63) is 16.7 Å². The fourth-order valence-electron chi connectivity index (χ4n) is 0.741. The van der Waals surface area contributed by atoms with E-state index in [4.69, 9.17) is 4.42 Å². The number of hydrogen-bond acceptors (Lipinski definition) is 4. The summed E-state index contributed by atoms with van der Waals surface area (Å²) in [6.07, 6.45) is 0.602. The van der Waals surface area contributed by atoms with Crippen molar-refractivity contribution >= 4 is 28.7 Å². The van der Waals surface area contributed by atoms with Gasteiger partial charge in [0.15, 0.2) is 5.58 Å². The Kier molecular flexibility index (Phi) is 1.07. The monoisotopic (exact) mass is 153 g/mol. The molecule has 4 heteroatoms. The molecule has 0 N–H and O–H groups in total. The molecule has 0 atom stereocenters. The van der Waals surface area contributed by atoms with Crippen LogP contribution in [0.15, 0.2) is 15.2 Å². The highest BCUT2D eigenvalue weighted by atomic mass is 32.1. The molecule has 0 aromatic carbocycles. The lowest BCUT2D eigenvalue weighted by Gasteiger charge is -1.70. The number of thiophene rings is 1. The first-order chi connectivity index (χ1) is 4.90. The average molecular weight is 153 g/mol. The zero-order valence-electron chi connectivity index (χ0n) is 4.90. The van der Waals surface area contributed by atoms with Crippen LogP contribution in [0.3, 0.4) is 0 Å². The zero-order valence-corrected chi connectivity index (χ0v) is 5.72. The SMILES string of the molecule is O=Cc1nc2cscc2o1. The standard InChI is InChI=1S/C6H3NO2S/c8-1-6-7-4-2-10-3-5(4)9-6/h1-3H. The number of rotatable bonds is 1. The molecular weight excluding hydrogens is 150 g/mol. The summed E-state index contributed by atoms with van der Waals surface area (Å²) in [6.45, 7) is 0. The molecule has 0 spiro atoms. The third kappa shape index (κ3) is 0.657. The lowest BCUT2D eigenvalue weighted by atomic mass is 10.6. The van der Waals surface area contributed by atoms with Gasteiger partial charge in [0.1, 0.15) is 5.52 Å². The van der Waals surface area contributed by atoms with E-state index in [9.17, 15) is 4.79 Å². The molecule has 0 amide bonds. The van der Waals surface area contributed by atoms with Crippen LogP contribution >= 0.6 is 11.3 Å². The lowest BCUT2D eigenvalue weighted by Crippen LogP contribution is -1.73.